The Balaban J connectivity index is 1.96. The van der Waals surface area contributed by atoms with Crippen LogP contribution in [-0.2, 0) is 10.2 Å². The second-order valence-electron chi connectivity index (χ2n) is 6.34. The topological polar surface area (TPSA) is 60.9 Å². The lowest BCUT2D eigenvalue weighted by Gasteiger charge is -2.38. The fraction of sp³-hybridized carbons (Fsp3) is 1.00. The summed E-state index contributed by atoms with van der Waals surface area (Å²) in [6.45, 7) is 2.99. The van der Waals surface area contributed by atoms with Gasteiger partial charge in [-0.2, -0.15) is 30.2 Å². The van der Waals surface area contributed by atoms with Crippen molar-refractivity contribution in [2.75, 3.05) is 26.2 Å². The fourth-order valence-corrected chi connectivity index (χ4v) is 5.01. The van der Waals surface area contributed by atoms with E-state index in [1.165, 1.54) is 8.61 Å². The Hall–Kier alpha value is -0.380. The minimum Gasteiger partial charge on any atom is -0.383 e. The molecule has 2 aliphatic rings. The first-order valence-electron chi connectivity index (χ1n) is 7.62. The average Bonchev–Trinajstić information content (AvgIpc) is 2.45. The van der Waals surface area contributed by atoms with E-state index in [-0.39, 0.29) is 25.9 Å². The van der Waals surface area contributed by atoms with Crippen molar-refractivity contribution in [3.05, 3.63) is 0 Å². The van der Waals surface area contributed by atoms with Gasteiger partial charge in [0, 0.05) is 26.2 Å². The van der Waals surface area contributed by atoms with E-state index in [1.54, 1.807) is 0 Å². The van der Waals surface area contributed by atoms with Gasteiger partial charge in [0.1, 0.15) is 0 Å². The van der Waals surface area contributed by atoms with Gasteiger partial charge in [0.25, 0.3) is 10.2 Å². The van der Waals surface area contributed by atoms with Gasteiger partial charge in [-0.15, -0.1) is 0 Å². The molecule has 0 radical (unpaired) electrons. The predicted molar refractivity (Wildman–Crippen MR) is 75.2 cm³/mol. The third-order valence-electron chi connectivity index (χ3n) is 4.55. The van der Waals surface area contributed by atoms with Crippen molar-refractivity contribution in [3.8, 4) is 0 Å². The molecule has 0 amide bonds. The number of alkyl halides is 3. The second-order valence-corrected chi connectivity index (χ2v) is 8.26. The van der Waals surface area contributed by atoms with Gasteiger partial charge in [0.05, 0.1) is 0 Å². The summed E-state index contributed by atoms with van der Waals surface area (Å²) in [5, 5.41) is 9.28. The summed E-state index contributed by atoms with van der Waals surface area (Å²) in [6, 6.07) is 0. The van der Waals surface area contributed by atoms with Crippen molar-refractivity contribution in [3.63, 3.8) is 0 Å². The van der Waals surface area contributed by atoms with E-state index in [1.807, 2.05) is 6.92 Å². The minimum atomic E-state index is -4.64. The van der Waals surface area contributed by atoms with Crippen LogP contribution in [0.4, 0.5) is 13.2 Å². The Morgan fingerprint density at radius 1 is 1.09 bits per heavy atom. The maximum Gasteiger partial charge on any atom is 0.414 e. The van der Waals surface area contributed by atoms with Crippen molar-refractivity contribution in [2.24, 2.45) is 11.8 Å². The first kappa shape index (κ1) is 18.0. The number of hydrogen-bond donors (Lipinski definition) is 1. The molecule has 130 valence electrons. The van der Waals surface area contributed by atoms with E-state index in [0.717, 1.165) is 12.8 Å². The first-order chi connectivity index (χ1) is 10.1. The van der Waals surface area contributed by atoms with Crippen molar-refractivity contribution < 1.29 is 26.7 Å². The van der Waals surface area contributed by atoms with Crippen molar-refractivity contribution in [1.29, 1.82) is 0 Å². The zero-order chi connectivity index (χ0) is 16.5. The highest BCUT2D eigenvalue weighted by atomic mass is 32.2. The molecule has 1 N–H and O–H groups in total. The Bertz CT molecular complexity index is 475. The van der Waals surface area contributed by atoms with Crippen LogP contribution in [-0.4, -0.2) is 60.6 Å². The fourth-order valence-electron chi connectivity index (χ4n) is 3.21. The minimum absolute atomic E-state index is 0.0311. The monoisotopic (exact) mass is 344 g/mol. The third kappa shape index (κ3) is 3.93. The number of nitrogens with zero attached hydrogens (tertiary/aromatic N) is 2. The van der Waals surface area contributed by atoms with Gasteiger partial charge in [-0.1, -0.05) is 6.92 Å². The third-order valence-corrected chi connectivity index (χ3v) is 6.55. The van der Waals surface area contributed by atoms with E-state index in [2.05, 4.69) is 0 Å². The highest BCUT2D eigenvalue weighted by Crippen LogP contribution is 2.33. The molecule has 2 fully saturated rings. The van der Waals surface area contributed by atoms with Crippen LogP contribution in [0.25, 0.3) is 0 Å². The molecule has 0 aromatic rings. The number of halogens is 3. The molecular formula is C13H23F3N2O3S. The standard InChI is InChI=1S/C13H23F3N2O3S/c1-10-3-2-6-18(9-10)22(20,21)17-7-4-11(5-8-17)12(19)13(14,15)16/h10-12,19H,2-9H2,1H3/t10-,12-/m1/s1. The molecule has 0 saturated carbocycles. The van der Waals surface area contributed by atoms with Crippen LogP contribution in [0, 0.1) is 11.8 Å². The Morgan fingerprint density at radius 2 is 1.68 bits per heavy atom. The molecule has 2 rings (SSSR count). The molecule has 2 saturated heterocycles. The summed E-state index contributed by atoms with van der Waals surface area (Å²) in [6.07, 6.45) is -5.15. The Morgan fingerprint density at radius 3 is 2.18 bits per heavy atom. The number of aliphatic hydroxyl groups is 1. The van der Waals surface area contributed by atoms with Gasteiger partial charge in [0.15, 0.2) is 6.10 Å². The number of piperidine rings is 2. The van der Waals surface area contributed by atoms with Gasteiger partial charge in [-0.05, 0) is 37.5 Å². The van der Waals surface area contributed by atoms with Crippen LogP contribution in [0.3, 0.4) is 0 Å². The molecule has 0 aromatic heterocycles. The van der Waals surface area contributed by atoms with Crippen molar-refractivity contribution in [1.82, 2.24) is 8.61 Å². The molecular weight excluding hydrogens is 321 g/mol. The highest BCUT2D eigenvalue weighted by Gasteiger charge is 2.45. The molecule has 0 unspecified atom stereocenters. The van der Waals surface area contributed by atoms with Gasteiger partial charge in [0.2, 0.25) is 0 Å². The number of hydrogen-bond acceptors (Lipinski definition) is 3. The van der Waals surface area contributed by atoms with E-state index in [9.17, 15) is 26.7 Å². The lowest BCUT2D eigenvalue weighted by atomic mass is 9.92. The molecule has 9 heteroatoms. The lowest BCUT2D eigenvalue weighted by Crippen LogP contribution is -2.51. The molecule has 0 aliphatic carbocycles. The largest absolute Gasteiger partial charge is 0.414 e. The van der Waals surface area contributed by atoms with Gasteiger partial charge in [-0.25, -0.2) is 0 Å². The van der Waals surface area contributed by atoms with Crippen LogP contribution < -0.4 is 0 Å². The zero-order valence-electron chi connectivity index (χ0n) is 12.6. The molecule has 0 spiro atoms. The summed E-state index contributed by atoms with van der Waals surface area (Å²) >= 11 is 0. The summed E-state index contributed by atoms with van der Waals surface area (Å²) in [4.78, 5) is 0. The normalized spacial score (nSPS) is 28.7. The highest BCUT2D eigenvalue weighted by molar-refractivity contribution is 7.86. The van der Waals surface area contributed by atoms with Crippen LogP contribution in [0.2, 0.25) is 0 Å². The SMILES string of the molecule is C[C@@H]1CCCN(S(=O)(=O)N2CCC([C@@H](O)C(F)(F)F)CC2)C1. The van der Waals surface area contributed by atoms with E-state index in [4.69, 9.17) is 0 Å². The molecule has 5 nitrogen and oxygen atoms in total. The summed E-state index contributed by atoms with van der Waals surface area (Å²) in [7, 11) is -3.60. The van der Waals surface area contributed by atoms with Crippen LogP contribution >= 0.6 is 0 Å². The van der Waals surface area contributed by atoms with E-state index in [0.29, 0.717) is 19.0 Å². The summed E-state index contributed by atoms with van der Waals surface area (Å²) in [5.41, 5.74) is 0. The Kier molecular flexibility index (Phi) is 5.41. The maximum atomic E-state index is 12.5. The summed E-state index contributed by atoms with van der Waals surface area (Å²) in [5.74, 6) is -0.625. The predicted octanol–water partition coefficient (Wildman–Crippen LogP) is 1.60. The summed E-state index contributed by atoms with van der Waals surface area (Å²) < 4.78 is 65.3. The molecule has 0 aromatic carbocycles. The smallest absolute Gasteiger partial charge is 0.383 e. The van der Waals surface area contributed by atoms with Gasteiger partial charge in [-0.3, -0.25) is 0 Å². The van der Waals surface area contributed by atoms with Crippen molar-refractivity contribution >= 4 is 10.2 Å². The second kappa shape index (κ2) is 6.62. The zero-order valence-corrected chi connectivity index (χ0v) is 13.4. The first-order valence-corrected chi connectivity index (χ1v) is 9.02. The van der Waals surface area contributed by atoms with Gasteiger partial charge >= 0.3 is 6.18 Å². The lowest BCUT2D eigenvalue weighted by molar-refractivity contribution is -0.222. The van der Waals surface area contributed by atoms with Crippen LogP contribution in [0.1, 0.15) is 32.6 Å². The quantitative estimate of drug-likeness (QED) is 0.846. The molecule has 2 aliphatic heterocycles. The van der Waals surface area contributed by atoms with Crippen LogP contribution in [0.5, 0.6) is 0 Å². The Labute approximate surface area is 129 Å². The molecule has 2 heterocycles. The average molecular weight is 344 g/mol. The maximum absolute atomic E-state index is 12.5. The molecule has 0 bridgehead atoms. The number of rotatable bonds is 3. The van der Waals surface area contributed by atoms with Crippen LogP contribution in [0.15, 0.2) is 0 Å². The van der Waals surface area contributed by atoms with E-state index < -0.39 is 28.4 Å². The molecule has 22 heavy (non-hydrogen) atoms. The van der Waals surface area contributed by atoms with Crippen molar-refractivity contribution in [2.45, 2.75) is 44.9 Å². The van der Waals surface area contributed by atoms with Gasteiger partial charge < -0.3 is 5.11 Å². The van der Waals surface area contributed by atoms with E-state index >= 15 is 0 Å². The number of aliphatic hydroxyl groups excluding tert-OH is 1. The molecule has 2 atom stereocenters.